The second-order valence-corrected chi connectivity index (χ2v) is 5.07. The minimum absolute atomic E-state index is 0.349. The molecule has 0 aromatic heterocycles. The molecule has 0 bridgehead atoms. The Morgan fingerprint density at radius 1 is 1.50 bits per heavy atom. The number of aliphatic carboxylic acids is 1. The molecule has 1 aromatic rings. The molecule has 1 aromatic carbocycles. The maximum Gasteiger partial charge on any atom is 0.307 e. The van der Waals surface area contributed by atoms with E-state index in [9.17, 15) is 4.79 Å². The van der Waals surface area contributed by atoms with Crippen molar-refractivity contribution in [1.82, 2.24) is 4.90 Å². The lowest BCUT2D eigenvalue weighted by Gasteiger charge is -2.23. The highest BCUT2D eigenvalue weighted by Crippen LogP contribution is 2.17. The summed E-state index contributed by atoms with van der Waals surface area (Å²) >= 11 is 5.92. The number of carbonyl (C=O) groups is 1. The number of rotatable bonds is 6. The van der Waals surface area contributed by atoms with E-state index >= 15 is 0 Å². The van der Waals surface area contributed by atoms with Gasteiger partial charge in [0.05, 0.1) is 5.92 Å². The molecular formula is C14H20ClNO2. The molecule has 0 amide bonds. The zero-order valence-corrected chi connectivity index (χ0v) is 11.9. The SMILES string of the molecule is CCN(Cc1ccc(Cl)cc1C)CC(C)C(=O)O. The maximum atomic E-state index is 10.9. The molecule has 0 heterocycles. The molecule has 1 rings (SSSR count). The van der Waals surface area contributed by atoms with Crippen molar-refractivity contribution in [1.29, 1.82) is 0 Å². The summed E-state index contributed by atoms with van der Waals surface area (Å²) in [5.74, 6) is -1.10. The topological polar surface area (TPSA) is 40.5 Å². The summed E-state index contributed by atoms with van der Waals surface area (Å²) in [5, 5.41) is 9.67. The first kappa shape index (κ1) is 15.0. The molecule has 4 heteroatoms. The van der Waals surface area contributed by atoms with Crippen LogP contribution in [0.25, 0.3) is 0 Å². The summed E-state index contributed by atoms with van der Waals surface area (Å²) in [5.41, 5.74) is 2.34. The van der Waals surface area contributed by atoms with E-state index < -0.39 is 5.97 Å². The molecule has 0 fully saturated rings. The molecule has 0 spiro atoms. The minimum atomic E-state index is -0.749. The van der Waals surface area contributed by atoms with Gasteiger partial charge in [-0.2, -0.15) is 0 Å². The molecular weight excluding hydrogens is 250 g/mol. The predicted molar refractivity (Wildman–Crippen MR) is 73.9 cm³/mol. The van der Waals surface area contributed by atoms with Gasteiger partial charge < -0.3 is 5.11 Å². The third-order valence-corrected chi connectivity index (χ3v) is 3.33. The van der Waals surface area contributed by atoms with Gasteiger partial charge in [0, 0.05) is 18.1 Å². The standard InChI is InChI=1S/C14H20ClNO2/c1-4-16(8-11(3)14(17)18)9-12-5-6-13(15)7-10(12)2/h5-7,11H,4,8-9H2,1-3H3,(H,17,18). The Morgan fingerprint density at radius 3 is 2.67 bits per heavy atom. The highest BCUT2D eigenvalue weighted by molar-refractivity contribution is 6.30. The number of benzene rings is 1. The van der Waals surface area contributed by atoms with Crippen LogP contribution in [0.15, 0.2) is 18.2 Å². The van der Waals surface area contributed by atoms with Gasteiger partial charge in [-0.1, -0.05) is 31.5 Å². The van der Waals surface area contributed by atoms with Crippen LogP contribution in [0.4, 0.5) is 0 Å². The molecule has 0 saturated heterocycles. The third kappa shape index (κ3) is 4.31. The van der Waals surface area contributed by atoms with Crippen LogP contribution in [0.2, 0.25) is 5.02 Å². The van der Waals surface area contributed by atoms with Gasteiger partial charge in [0.15, 0.2) is 0 Å². The van der Waals surface area contributed by atoms with Crippen LogP contribution in [0, 0.1) is 12.8 Å². The summed E-state index contributed by atoms with van der Waals surface area (Å²) in [7, 11) is 0. The first-order valence-corrected chi connectivity index (χ1v) is 6.52. The third-order valence-electron chi connectivity index (χ3n) is 3.10. The zero-order valence-electron chi connectivity index (χ0n) is 11.1. The summed E-state index contributed by atoms with van der Waals surface area (Å²) in [6.45, 7) is 7.96. The summed E-state index contributed by atoms with van der Waals surface area (Å²) < 4.78 is 0. The molecule has 0 aliphatic carbocycles. The van der Waals surface area contributed by atoms with Crippen LogP contribution in [-0.4, -0.2) is 29.1 Å². The fraction of sp³-hybridized carbons (Fsp3) is 0.500. The average Bonchev–Trinajstić information content (AvgIpc) is 2.31. The van der Waals surface area contributed by atoms with Gasteiger partial charge in [-0.3, -0.25) is 9.69 Å². The number of hydrogen-bond donors (Lipinski definition) is 1. The molecule has 0 saturated carbocycles. The van der Waals surface area contributed by atoms with E-state index in [1.165, 1.54) is 5.56 Å². The molecule has 3 nitrogen and oxygen atoms in total. The van der Waals surface area contributed by atoms with Crippen molar-refractivity contribution in [3.63, 3.8) is 0 Å². The highest BCUT2D eigenvalue weighted by atomic mass is 35.5. The van der Waals surface area contributed by atoms with Crippen LogP contribution in [0.3, 0.4) is 0 Å². The van der Waals surface area contributed by atoms with Crippen molar-refractivity contribution >= 4 is 17.6 Å². The normalized spacial score (nSPS) is 12.7. The van der Waals surface area contributed by atoms with Gasteiger partial charge >= 0.3 is 5.97 Å². The summed E-state index contributed by atoms with van der Waals surface area (Å²) in [6, 6.07) is 5.81. The van der Waals surface area contributed by atoms with Crippen LogP contribution in [-0.2, 0) is 11.3 Å². The number of aryl methyl sites for hydroxylation is 1. The zero-order chi connectivity index (χ0) is 13.7. The Balaban J connectivity index is 2.70. The molecule has 0 aliphatic rings. The van der Waals surface area contributed by atoms with Gasteiger partial charge in [-0.05, 0) is 36.7 Å². The lowest BCUT2D eigenvalue weighted by atomic mass is 10.1. The van der Waals surface area contributed by atoms with E-state index in [0.717, 1.165) is 23.7 Å². The Hall–Kier alpha value is -1.06. The molecule has 0 aliphatic heterocycles. The van der Waals surface area contributed by atoms with Crippen LogP contribution in [0.5, 0.6) is 0 Å². The van der Waals surface area contributed by atoms with Gasteiger partial charge in [-0.25, -0.2) is 0 Å². The lowest BCUT2D eigenvalue weighted by molar-refractivity contribution is -0.141. The Morgan fingerprint density at radius 2 is 2.17 bits per heavy atom. The second-order valence-electron chi connectivity index (χ2n) is 4.64. The van der Waals surface area contributed by atoms with Crippen molar-refractivity contribution in [3.05, 3.63) is 34.3 Å². The predicted octanol–water partition coefficient (Wildman–Crippen LogP) is 3.19. The monoisotopic (exact) mass is 269 g/mol. The van der Waals surface area contributed by atoms with Crippen molar-refractivity contribution in [3.8, 4) is 0 Å². The van der Waals surface area contributed by atoms with Gasteiger partial charge in [0.1, 0.15) is 0 Å². The first-order valence-electron chi connectivity index (χ1n) is 6.14. The molecule has 1 N–H and O–H groups in total. The number of nitrogens with zero attached hydrogens (tertiary/aromatic N) is 1. The molecule has 1 unspecified atom stereocenters. The van der Waals surface area contributed by atoms with E-state index in [1.807, 2.05) is 32.0 Å². The number of halogens is 1. The molecule has 18 heavy (non-hydrogen) atoms. The Labute approximate surface area is 113 Å². The number of hydrogen-bond acceptors (Lipinski definition) is 2. The van der Waals surface area contributed by atoms with E-state index in [1.54, 1.807) is 6.92 Å². The van der Waals surface area contributed by atoms with E-state index in [4.69, 9.17) is 16.7 Å². The van der Waals surface area contributed by atoms with Crippen molar-refractivity contribution in [2.75, 3.05) is 13.1 Å². The van der Waals surface area contributed by atoms with Gasteiger partial charge in [0.2, 0.25) is 0 Å². The second kappa shape index (κ2) is 6.76. The van der Waals surface area contributed by atoms with Crippen LogP contribution < -0.4 is 0 Å². The van der Waals surface area contributed by atoms with Crippen molar-refractivity contribution in [2.24, 2.45) is 5.92 Å². The lowest BCUT2D eigenvalue weighted by Crippen LogP contribution is -2.31. The fourth-order valence-electron chi connectivity index (χ4n) is 1.85. The smallest absolute Gasteiger partial charge is 0.307 e. The molecule has 100 valence electrons. The first-order chi connectivity index (χ1) is 8.43. The average molecular weight is 270 g/mol. The van der Waals surface area contributed by atoms with E-state index in [2.05, 4.69) is 4.90 Å². The molecule has 0 radical (unpaired) electrons. The minimum Gasteiger partial charge on any atom is -0.481 e. The van der Waals surface area contributed by atoms with Crippen LogP contribution in [0.1, 0.15) is 25.0 Å². The summed E-state index contributed by atoms with van der Waals surface area (Å²) in [4.78, 5) is 13.0. The fourth-order valence-corrected chi connectivity index (χ4v) is 2.08. The summed E-state index contributed by atoms with van der Waals surface area (Å²) in [6.07, 6.45) is 0. The van der Waals surface area contributed by atoms with E-state index in [0.29, 0.717) is 6.54 Å². The Bertz CT molecular complexity index is 420. The largest absolute Gasteiger partial charge is 0.481 e. The quantitative estimate of drug-likeness (QED) is 0.862. The maximum absolute atomic E-state index is 10.9. The van der Waals surface area contributed by atoms with Gasteiger partial charge in [-0.15, -0.1) is 0 Å². The number of carboxylic acid groups (broad SMARTS) is 1. The van der Waals surface area contributed by atoms with Crippen LogP contribution >= 0.6 is 11.6 Å². The highest BCUT2D eigenvalue weighted by Gasteiger charge is 2.15. The Kier molecular flexibility index (Phi) is 5.63. The molecule has 1 atom stereocenters. The van der Waals surface area contributed by atoms with Crippen molar-refractivity contribution in [2.45, 2.75) is 27.3 Å². The number of carboxylic acids is 1. The van der Waals surface area contributed by atoms with Crippen molar-refractivity contribution < 1.29 is 9.90 Å². The van der Waals surface area contributed by atoms with Gasteiger partial charge in [0.25, 0.3) is 0 Å². The van der Waals surface area contributed by atoms with E-state index in [-0.39, 0.29) is 5.92 Å².